The number of hydrogen-bond acceptors (Lipinski definition) is 4. The van der Waals surface area contributed by atoms with Crippen LogP contribution in [-0.2, 0) is 5.41 Å². The predicted molar refractivity (Wildman–Crippen MR) is 249 cm³/mol. The molecule has 0 bridgehead atoms. The summed E-state index contributed by atoms with van der Waals surface area (Å²) in [5.41, 5.74) is 15.1. The SMILES string of the molecule is CC(C)c1ccc(C#N)cc1.Cc1ccc2c(c1)C(C)(C)c1cc(N(c3cccc(C#N)c3)c3cccc4oc5ccccc5c34)c3ccccc3c1-2.Cc1ccccc1. The molecular formula is C56H47N3O. The summed E-state index contributed by atoms with van der Waals surface area (Å²) in [5.74, 6) is 0.544. The summed E-state index contributed by atoms with van der Waals surface area (Å²) in [7, 11) is 0. The second kappa shape index (κ2) is 16.5. The Morgan fingerprint density at radius 3 is 1.87 bits per heavy atom. The monoisotopic (exact) mass is 777 g/mol. The first-order valence-corrected chi connectivity index (χ1v) is 20.5. The van der Waals surface area contributed by atoms with Crippen LogP contribution in [0.2, 0.25) is 0 Å². The van der Waals surface area contributed by atoms with Gasteiger partial charge in [-0.05, 0) is 108 Å². The maximum absolute atomic E-state index is 9.87. The van der Waals surface area contributed by atoms with Gasteiger partial charge in [-0.1, -0.05) is 154 Å². The number of benzene rings is 8. The summed E-state index contributed by atoms with van der Waals surface area (Å²) in [6, 6.07) is 62.7. The Balaban J connectivity index is 0.000000229. The second-order valence-corrected chi connectivity index (χ2v) is 16.3. The van der Waals surface area contributed by atoms with Crippen LogP contribution in [0.1, 0.15) is 72.6 Å². The molecular weight excluding hydrogens is 731 g/mol. The van der Waals surface area contributed by atoms with Crippen LogP contribution in [0.4, 0.5) is 17.1 Å². The molecule has 0 amide bonds. The number of nitrogens with zero attached hydrogens (tertiary/aromatic N) is 3. The molecule has 1 aliphatic rings. The Morgan fingerprint density at radius 1 is 0.533 bits per heavy atom. The topological polar surface area (TPSA) is 64.0 Å². The van der Waals surface area contributed by atoms with Crippen molar-refractivity contribution >= 4 is 49.8 Å². The lowest BCUT2D eigenvalue weighted by molar-refractivity contribution is 0.660. The molecule has 0 radical (unpaired) electrons. The molecule has 1 aliphatic carbocycles. The lowest BCUT2D eigenvalue weighted by Crippen LogP contribution is -2.17. The Hall–Kier alpha value is -7.40. The third-order valence-corrected chi connectivity index (χ3v) is 11.6. The van der Waals surface area contributed by atoms with Crippen molar-refractivity contribution in [3.63, 3.8) is 0 Å². The van der Waals surface area contributed by atoms with E-state index in [1.165, 1.54) is 44.3 Å². The molecule has 8 aromatic carbocycles. The van der Waals surface area contributed by atoms with E-state index in [0.29, 0.717) is 11.5 Å². The van der Waals surface area contributed by atoms with Crippen molar-refractivity contribution in [3.05, 3.63) is 209 Å². The molecule has 1 aromatic heterocycles. The summed E-state index contributed by atoms with van der Waals surface area (Å²) in [6.45, 7) is 13.2. The number of aryl methyl sites for hydroxylation is 2. The largest absolute Gasteiger partial charge is 0.456 e. The predicted octanol–water partition coefficient (Wildman–Crippen LogP) is 15.4. The van der Waals surface area contributed by atoms with Crippen LogP contribution in [0, 0.1) is 36.5 Å². The smallest absolute Gasteiger partial charge is 0.137 e. The minimum atomic E-state index is -0.177. The van der Waals surface area contributed by atoms with Crippen LogP contribution in [0.15, 0.2) is 174 Å². The van der Waals surface area contributed by atoms with Gasteiger partial charge in [0.15, 0.2) is 0 Å². The lowest BCUT2D eigenvalue weighted by atomic mass is 9.81. The maximum atomic E-state index is 9.87. The molecule has 0 N–H and O–H groups in total. The molecule has 0 unspecified atom stereocenters. The van der Waals surface area contributed by atoms with E-state index >= 15 is 0 Å². The van der Waals surface area contributed by atoms with Gasteiger partial charge in [-0.25, -0.2) is 0 Å². The summed E-state index contributed by atoms with van der Waals surface area (Å²) in [5, 5.41) is 22.9. The van der Waals surface area contributed by atoms with E-state index in [0.717, 1.165) is 50.0 Å². The van der Waals surface area contributed by atoms with Crippen LogP contribution in [0.3, 0.4) is 0 Å². The van der Waals surface area contributed by atoms with Gasteiger partial charge in [-0.15, -0.1) is 0 Å². The van der Waals surface area contributed by atoms with Crippen molar-refractivity contribution in [1.29, 1.82) is 10.5 Å². The highest BCUT2D eigenvalue weighted by Gasteiger charge is 2.38. The normalized spacial score (nSPS) is 12.1. The molecule has 4 heteroatoms. The quantitative estimate of drug-likeness (QED) is 0.178. The summed E-state index contributed by atoms with van der Waals surface area (Å²) in [6.07, 6.45) is 0. The molecule has 60 heavy (non-hydrogen) atoms. The van der Waals surface area contributed by atoms with Crippen LogP contribution in [-0.4, -0.2) is 0 Å². The summed E-state index contributed by atoms with van der Waals surface area (Å²) in [4.78, 5) is 2.32. The zero-order chi connectivity index (χ0) is 42.0. The minimum absolute atomic E-state index is 0.177. The average molecular weight is 778 g/mol. The zero-order valence-electron chi connectivity index (χ0n) is 35.0. The number of furan rings is 1. The van der Waals surface area contributed by atoms with E-state index in [1.54, 1.807) is 0 Å². The Morgan fingerprint density at radius 2 is 1.18 bits per heavy atom. The summed E-state index contributed by atoms with van der Waals surface area (Å²) < 4.78 is 6.33. The molecule has 1 heterocycles. The number of hydrogen-bond donors (Lipinski definition) is 0. The highest BCUT2D eigenvalue weighted by atomic mass is 16.3. The lowest BCUT2D eigenvalue weighted by Gasteiger charge is -2.30. The molecule has 0 saturated carbocycles. The third kappa shape index (κ3) is 7.41. The first kappa shape index (κ1) is 39.4. The first-order valence-electron chi connectivity index (χ1n) is 20.5. The first-order chi connectivity index (χ1) is 29.1. The number of nitriles is 2. The van der Waals surface area contributed by atoms with Gasteiger partial charge in [-0.3, -0.25) is 0 Å². The Bertz CT molecular complexity index is 3090. The fraction of sp³-hybridized carbons (Fsp3) is 0.143. The third-order valence-electron chi connectivity index (χ3n) is 11.6. The van der Waals surface area contributed by atoms with E-state index in [2.05, 4.69) is 150 Å². The van der Waals surface area contributed by atoms with Gasteiger partial charge < -0.3 is 9.32 Å². The Labute approximate surface area is 353 Å². The fourth-order valence-corrected chi connectivity index (χ4v) is 8.40. The molecule has 0 saturated heterocycles. The minimum Gasteiger partial charge on any atom is -0.456 e. The van der Waals surface area contributed by atoms with Gasteiger partial charge in [0.1, 0.15) is 11.2 Å². The average Bonchev–Trinajstić information content (AvgIpc) is 3.76. The van der Waals surface area contributed by atoms with E-state index in [9.17, 15) is 5.26 Å². The van der Waals surface area contributed by atoms with Crippen LogP contribution in [0.5, 0.6) is 0 Å². The number of anilines is 3. The summed E-state index contributed by atoms with van der Waals surface area (Å²) >= 11 is 0. The molecule has 9 aromatic rings. The van der Waals surface area contributed by atoms with Crippen molar-refractivity contribution in [2.24, 2.45) is 0 Å². The van der Waals surface area contributed by atoms with Crippen molar-refractivity contribution in [3.8, 4) is 23.3 Å². The zero-order valence-corrected chi connectivity index (χ0v) is 35.0. The van der Waals surface area contributed by atoms with Gasteiger partial charge in [0.25, 0.3) is 0 Å². The second-order valence-electron chi connectivity index (χ2n) is 16.3. The van der Waals surface area contributed by atoms with Gasteiger partial charge in [0, 0.05) is 21.9 Å². The fourth-order valence-electron chi connectivity index (χ4n) is 8.40. The van der Waals surface area contributed by atoms with Crippen LogP contribution in [0.25, 0.3) is 43.8 Å². The highest BCUT2D eigenvalue weighted by Crippen LogP contribution is 2.55. The van der Waals surface area contributed by atoms with Crippen LogP contribution < -0.4 is 4.90 Å². The molecule has 0 aliphatic heterocycles. The molecule has 10 rings (SSSR count). The Kier molecular flexibility index (Phi) is 10.8. The molecule has 292 valence electrons. The molecule has 0 spiro atoms. The van der Waals surface area contributed by atoms with E-state index in [4.69, 9.17) is 9.68 Å². The maximum Gasteiger partial charge on any atom is 0.137 e. The van der Waals surface area contributed by atoms with Crippen LogP contribution >= 0.6 is 0 Å². The van der Waals surface area contributed by atoms with Crippen molar-refractivity contribution in [2.75, 3.05) is 4.90 Å². The van der Waals surface area contributed by atoms with Gasteiger partial charge in [0.2, 0.25) is 0 Å². The van der Waals surface area contributed by atoms with Gasteiger partial charge in [-0.2, -0.15) is 10.5 Å². The van der Waals surface area contributed by atoms with Crippen molar-refractivity contribution < 1.29 is 4.42 Å². The van der Waals surface area contributed by atoms with E-state index in [1.807, 2.05) is 78.9 Å². The number of para-hydroxylation sites is 1. The van der Waals surface area contributed by atoms with Crippen molar-refractivity contribution in [2.45, 2.75) is 52.9 Å². The standard InChI is InChI=1S/C39H28N2O.C10H11N.C7H8/c1-24-18-19-29-31(20-24)39(2,3)32-22-34(27-12-4-5-13-28(27)37(29)32)41(26-11-8-10-25(21-26)23-40)33-15-9-17-36-38(33)30-14-6-7-16-35(30)42-36;1-8(2)10-5-3-9(7-11)4-6-10;1-7-5-3-2-4-6-7/h4-22H,1-3H3;3-6,8H,1-2H3;2-6H,1H3. The van der Waals surface area contributed by atoms with E-state index in [-0.39, 0.29) is 5.41 Å². The van der Waals surface area contributed by atoms with Gasteiger partial charge >= 0.3 is 0 Å². The molecule has 0 fully saturated rings. The number of fused-ring (bicyclic) bond motifs is 8. The molecule has 4 nitrogen and oxygen atoms in total. The number of rotatable bonds is 4. The van der Waals surface area contributed by atoms with Crippen molar-refractivity contribution in [1.82, 2.24) is 0 Å². The molecule has 0 atom stereocenters. The highest BCUT2D eigenvalue weighted by molar-refractivity contribution is 6.16. The van der Waals surface area contributed by atoms with E-state index < -0.39 is 0 Å². The van der Waals surface area contributed by atoms with Gasteiger partial charge in [0.05, 0.1) is 40.0 Å².